The van der Waals surface area contributed by atoms with Crippen molar-refractivity contribution in [2.75, 3.05) is 20.8 Å². The van der Waals surface area contributed by atoms with Crippen molar-refractivity contribution < 1.29 is 14.3 Å². The molecule has 0 spiro atoms. The second kappa shape index (κ2) is 8.58. The maximum Gasteiger partial charge on any atom is 0.224 e. The van der Waals surface area contributed by atoms with E-state index in [1.165, 1.54) is 0 Å². The van der Waals surface area contributed by atoms with Gasteiger partial charge in [0.1, 0.15) is 17.3 Å². The van der Waals surface area contributed by atoms with Crippen molar-refractivity contribution >= 4 is 16.9 Å². The van der Waals surface area contributed by atoms with Gasteiger partial charge in [0, 0.05) is 24.7 Å². The van der Waals surface area contributed by atoms with Gasteiger partial charge in [-0.05, 0) is 31.5 Å². The number of aryl methyl sites for hydroxylation is 2. The number of benzene rings is 2. The van der Waals surface area contributed by atoms with Gasteiger partial charge in [0.2, 0.25) is 5.91 Å². The number of aromatic nitrogens is 2. The largest absolute Gasteiger partial charge is 0.497 e. The number of ether oxygens (including phenoxy) is 2. The third-order valence-electron chi connectivity index (χ3n) is 4.57. The average Bonchev–Trinajstić information content (AvgIpc) is 3.00. The quantitative estimate of drug-likeness (QED) is 0.621. The van der Waals surface area contributed by atoms with Crippen LogP contribution in [-0.2, 0) is 17.8 Å². The van der Waals surface area contributed by atoms with Crippen molar-refractivity contribution in [2.24, 2.45) is 0 Å². The standard InChI is InChI=1S/C21H25N3O3/c1-15-23-18-7-4-5-8-19(18)24(15)12-6-11-22-21(25)13-16-9-10-17(26-2)14-20(16)27-3/h4-5,7-10,14H,6,11-13H2,1-3H3,(H,22,25). The highest BCUT2D eigenvalue weighted by molar-refractivity contribution is 5.79. The first-order chi connectivity index (χ1) is 13.1. The molecule has 0 saturated heterocycles. The van der Waals surface area contributed by atoms with Crippen LogP contribution in [0, 0.1) is 6.92 Å². The van der Waals surface area contributed by atoms with E-state index in [-0.39, 0.29) is 12.3 Å². The Morgan fingerprint density at radius 1 is 1.15 bits per heavy atom. The zero-order valence-electron chi connectivity index (χ0n) is 16.0. The van der Waals surface area contributed by atoms with Crippen LogP contribution in [0.1, 0.15) is 17.8 Å². The minimum absolute atomic E-state index is 0.0225. The van der Waals surface area contributed by atoms with Crippen LogP contribution >= 0.6 is 0 Å². The maximum absolute atomic E-state index is 12.3. The lowest BCUT2D eigenvalue weighted by molar-refractivity contribution is -0.120. The van der Waals surface area contributed by atoms with E-state index in [1.54, 1.807) is 20.3 Å². The van der Waals surface area contributed by atoms with Crippen molar-refractivity contribution in [1.82, 2.24) is 14.9 Å². The van der Waals surface area contributed by atoms with Crippen LogP contribution in [0.3, 0.4) is 0 Å². The molecular formula is C21H25N3O3. The van der Waals surface area contributed by atoms with Gasteiger partial charge in [-0.2, -0.15) is 0 Å². The molecule has 2 aromatic carbocycles. The van der Waals surface area contributed by atoms with Gasteiger partial charge in [0.25, 0.3) is 0 Å². The minimum atomic E-state index is -0.0225. The fraction of sp³-hybridized carbons (Fsp3) is 0.333. The molecule has 0 atom stereocenters. The molecule has 6 heteroatoms. The minimum Gasteiger partial charge on any atom is -0.497 e. The summed E-state index contributed by atoms with van der Waals surface area (Å²) in [4.78, 5) is 16.8. The van der Waals surface area contributed by atoms with E-state index in [9.17, 15) is 4.79 Å². The predicted molar refractivity (Wildman–Crippen MR) is 105 cm³/mol. The Morgan fingerprint density at radius 3 is 2.74 bits per heavy atom. The second-order valence-corrected chi connectivity index (χ2v) is 6.36. The van der Waals surface area contributed by atoms with Crippen molar-refractivity contribution in [3.05, 3.63) is 53.9 Å². The van der Waals surface area contributed by atoms with E-state index in [0.29, 0.717) is 18.0 Å². The zero-order valence-corrected chi connectivity index (χ0v) is 16.0. The number of carbonyl (C=O) groups is 1. The van der Waals surface area contributed by atoms with Crippen LogP contribution in [0.15, 0.2) is 42.5 Å². The highest BCUT2D eigenvalue weighted by Gasteiger charge is 2.10. The van der Waals surface area contributed by atoms with Gasteiger partial charge in [-0.25, -0.2) is 4.98 Å². The monoisotopic (exact) mass is 367 g/mol. The molecule has 1 N–H and O–H groups in total. The summed E-state index contributed by atoms with van der Waals surface area (Å²) in [7, 11) is 3.19. The first-order valence-electron chi connectivity index (χ1n) is 9.02. The zero-order chi connectivity index (χ0) is 19.2. The fourth-order valence-corrected chi connectivity index (χ4v) is 3.18. The molecule has 0 aliphatic carbocycles. The first-order valence-corrected chi connectivity index (χ1v) is 9.02. The summed E-state index contributed by atoms with van der Waals surface area (Å²) >= 11 is 0. The van der Waals surface area contributed by atoms with E-state index in [2.05, 4.69) is 20.9 Å². The molecule has 142 valence electrons. The van der Waals surface area contributed by atoms with Crippen LogP contribution in [0.25, 0.3) is 11.0 Å². The Bertz CT molecular complexity index is 934. The molecule has 3 rings (SSSR count). The Balaban J connectivity index is 1.52. The second-order valence-electron chi connectivity index (χ2n) is 6.36. The lowest BCUT2D eigenvalue weighted by Gasteiger charge is -2.11. The van der Waals surface area contributed by atoms with Gasteiger partial charge >= 0.3 is 0 Å². The van der Waals surface area contributed by atoms with Crippen LogP contribution in [0.2, 0.25) is 0 Å². The Labute approximate surface area is 159 Å². The van der Waals surface area contributed by atoms with Crippen molar-refractivity contribution in [3.8, 4) is 11.5 Å². The number of nitrogens with zero attached hydrogens (tertiary/aromatic N) is 2. The first kappa shape index (κ1) is 18.8. The molecular weight excluding hydrogens is 342 g/mol. The molecule has 0 aliphatic rings. The molecule has 1 aromatic heterocycles. The lowest BCUT2D eigenvalue weighted by Crippen LogP contribution is -2.27. The highest BCUT2D eigenvalue weighted by atomic mass is 16.5. The number of nitrogens with one attached hydrogen (secondary N) is 1. The number of rotatable bonds is 8. The summed E-state index contributed by atoms with van der Waals surface area (Å²) in [5.74, 6) is 2.33. The smallest absolute Gasteiger partial charge is 0.224 e. The maximum atomic E-state index is 12.3. The van der Waals surface area contributed by atoms with Crippen molar-refractivity contribution in [2.45, 2.75) is 26.3 Å². The van der Waals surface area contributed by atoms with Gasteiger partial charge in [0.15, 0.2) is 0 Å². The number of methoxy groups -OCH3 is 2. The van der Waals surface area contributed by atoms with Crippen LogP contribution in [0.4, 0.5) is 0 Å². The molecule has 6 nitrogen and oxygen atoms in total. The number of imidazole rings is 1. The molecule has 0 radical (unpaired) electrons. The number of carbonyl (C=O) groups excluding carboxylic acids is 1. The SMILES string of the molecule is COc1ccc(CC(=O)NCCCn2c(C)nc3ccccc32)c(OC)c1. The molecule has 0 fully saturated rings. The molecule has 0 saturated carbocycles. The Hall–Kier alpha value is -3.02. The summed E-state index contributed by atoms with van der Waals surface area (Å²) < 4.78 is 12.7. The van der Waals surface area contributed by atoms with E-state index < -0.39 is 0 Å². The van der Waals surface area contributed by atoms with Crippen molar-refractivity contribution in [1.29, 1.82) is 0 Å². The van der Waals surface area contributed by atoms with Gasteiger partial charge in [-0.3, -0.25) is 4.79 Å². The summed E-state index contributed by atoms with van der Waals surface area (Å²) in [6.07, 6.45) is 1.12. The number of para-hydroxylation sites is 2. The Kier molecular flexibility index (Phi) is 5.96. The van der Waals surface area contributed by atoms with E-state index in [4.69, 9.17) is 9.47 Å². The molecule has 0 unspecified atom stereocenters. The van der Waals surface area contributed by atoms with Gasteiger partial charge in [-0.15, -0.1) is 0 Å². The number of fused-ring (bicyclic) bond motifs is 1. The fourth-order valence-electron chi connectivity index (χ4n) is 3.18. The van der Waals surface area contributed by atoms with Gasteiger partial charge < -0.3 is 19.4 Å². The molecule has 27 heavy (non-hydrogen) atoms. The van der Waals surface area contributed by atoms with Crippen LogP contribution < -0.4 is 14.8 Å². The predicted octanol–water partition coefficient (Wildman–Crippen LogP) is 3.11. The Morgan fingerprint density at radius 2 is 1.96 bits per heavy atom. The third kappa shape index (κ3) is 4.39. The van der Waals surface area contributed by atoms with E-state index in [0.717, 1.165) is 35.4 Å². The summed E-state index contributed by atoms with van der Waals surface area (Å²) in [5, 5.41) is 2.98. The average molecular weight is 367 g/mol. The third-order valence-corrected chi connectivity index (χ3v) is 4.57. The highest BCUT2D eigenvalue weighted by Crippen LogP contribution is 2.24. The van der Waals surface area contributed by atoms with E-state index in [1.807, 2.05) is 37.3 Å². The lowest BCUT2D eigenvalue weighted by atomic mass is 10.1. The van der Waals surface area contributed by atoms with Crippen LogP contribution in [0.5, 0.6) is 11.5 Å². The summed E-state index contributed by atoms with van der Waals surface area (Å²) in [5.41, 5.74) is 2.97. The van der Waals surface area contributed by atoms with Crippen molar-refractivity contribution in [3.63, 3.8) is 0 Å². The van der Waals surface area contributed by atoms with E-state index >= 15 is 0 Å². The molecule has 0 bridgehead atoms. The van der Waals surface area contributed by atoms with Gasteiger partial charge in [0.05, 0.1) is 31.7 Å². The summed E-state index contributed by atoms with van der Waals surface area (Å²) in [6, 6.07) is 13.6. The topological polar surface area (TPSA) is 65.4 Å². The van der Waals surface area contributed by atoms with Gasteiger partial charge in [-0.1, -0.05) is 18.2 Å². The summed E-state index contributed by atoms with van der Waals surface area (Å²) in [6.45, 7) is 3.44. The number of hydrogen-bond acceptors (Lipinski definition) is 4. The number of hydrogen-bond donors (Lipinski definition) is 1. The number of amides is 1. The van der Waals surface area contributed by atoms with Crippen LogP contribution in [-0.4, -0.2) is 36.2 Å². The normalized spacial score (nSPS) is 10.8. The molecule has 0 aliphatic heterocycles. The molecule has 1 heterocycles. The molecule has 1 amide bonds. The molecule has 3 aromatic rings.